The first-order valence-corrected chi connectivity index (χ1v) is 7.56. The molecule has 5 heteroatoms. The molecule has 1 atom stereocenters. The highest BCUT2D eigenvalue weighted by molar-refractivity contribution is 7.10. The van der Waals surface area contributed by atoms with E-state index in [0.29, 0.717) is 12.3 Å². The predicted octanol–water partition coefficient (Wildman–Crippen LogP) is 3.48. The monoisotopic (exact) mass is 287 g/mol. The van der Waals surface area contributed by atoms with Crippen molar-refractivity contribution in [3.05, 3.63) is 21.3 Å². The van der Waals surface area contributed by atoms with E-state index in [4.69, 9.17) is 16.7 Å². The molecule has 0 spiro atoms. The summed E-state index contributed by atoms with van der Waals surface area (Å²) in [5.41, 5.74) is 0. The van der Waals surface area contributed by atoms with Crippen molar-refractivity contribution < 1.29 is 9.90 Å². The molecule has 1 fully saturated rings. The summed E-state index contributed by atoms with van der Waals surface area (Å²) in [6.45, 7) is 3.07. The quantitative estimate of drug-likeness (QED) is 0.901. The number of hydrogen-bond acceptors (Lipinski definition) is 3. The molecule has 3 nitrogen and oxygen atoms in total. The smallest absolute Gasteiger partial charge is 0.303 e. The molecule has 1 aromatic rings. The largest absolute Gasteiger partial charge is 0.481 e. The van der Waals surface area contributed by atoms with Crippen molar-refractivity contribution in [3.63, 3.8) is 0 Å². The molecular weight excluding hydrogens is 270 g/mol. The molecule has 0 radical (unpaired) electrons. The van der Waals surface area contributed by atoms with E-state index < -0.39 is 5.97 Å². The zero-order valence-electron chi connectivity index (χ0n) is 10.3. The maximum Gasteiger partial charge on any atom is 0.303 e. The Balaban J connectivity index is 1.81. The van der Waals surface area contributed by atoms with Gasteiger partial charge in [-0.2, -0.15) is 0 Å². The molecule has 0 aromatic carbocycles. The number of piperidine rings is 1. The van der Waals surface area contributed by atoms with Crippen LogP contribution in [0.3, 0.4) is 0 Å². The van der Waals surface area contributed by atoms with Crippen LogP contribution >= 0.6 is 22.9 Å². The number of hydrogen-bond donors (Lipinski definition) is 1. The molecule has 1 aliphatic heterocycles. The average molecular weight is 288 g/mol. The fourth-order valence-electron chi connectivity index (χ4n) is 2.52. The third-order valence-corrected chi connectivity index (χ3v) is 4.64. The summed E-state index contributed by atoms with van der Waals surface area (Å²) in [6, 6.07) is 2.02. The van der Waals surface area contributed by atoms with Crippen molar-refractivity contribution in [2.45, 2.75) is 32.2 Å². The number of nitrogens with zero attached hydrogens (tertiary/aromatic N) is 1. The highest BCUT2D eigenvalue weighted by atomic mass is 35.5. The summed E-state index contributed by atoms with van der Waals surface area (Å²) in [5, 5.41) is 11.5. The molecule has 2 heterocycles. The van der Waals surface area contributed by atoms with E-state index in [2.05, 4.69) is 4.90 Å². The van der Waals surface area contributed by atoms with Crippen LogP contribution in [0.15, 0.2) is 11.4 Å². The lowest BCUT2D eigenvalue weighted by molar-refractivity contribution is -0.137. The molecule has 0 aliphatic carbocycles. The minimum atomic E-state index is -0.683. The van der Waals surface area contributed by atoms with Crippen LogP contribution in [0.1, 0.15) is 30.6 Å². The number of halogens is 1. The predicted molar refractivity (Wildman–Crippen MR) is 74.2 cm³/mol. The van der Waals surface area contributed by atoms with Gasteiger partial charge in [-0.05, 0) is 37.8 Å². The highest BCUT2D eigenvalue weighted by Crippen LogP contribution is 2.25. The first-order chi connectivity index (χ1) is 8.63. The van der Waals surface area contributed by atoms with Crippen LogP contribution in [0.2, 0.25) is 5.02 Å². The normalized spacial score (nSPS) is 21.1. The second-order valence-electron chi connectivity index (χ2n) is 4.91. The molecule has 1 unspecified atom stereocenters. The van der Waals surface area contributed by atoms with Crippen molar-refractivity contribution in [2.24, 2.45) is 5.92 Å². The first kappa shape index (κ1) is 13.8. The lowest BCUT2D eigenvalue weighted by Gasteiger charge is -2.32. The van der Waals surface area contributed by atoms with Crippen LogP contribution in [-0.2, 0) is 11.3 Å². The summed E-state index contributed by atoms with van der Waals surface area (Å²) >= 11 is 7.61. The van der Waals surface area contributed by atoms with Gasteiger partial charge in [0.15, 0.2) is 0 Å². The van der Waals surface area contributed by atoms with E-state index in [0.717, 1.165) is 37.5 Å². The van der Waals surface area contributed by atoms with Crippen molar-refractivity contribution in [1.82, 2.24) is 4.90 Å². The Morgan fingerprint density at radius 3 is 3.11 bits per heavy atom. The van der Waals surface area contributed by atoms with E-state index >= 15 is 0 Å². The highest BCUT2D eigenvalue weighted by Gasteiger charge is 2.20. The van der Waals surface area contributed by atoms with Crippen molar-refractivity contribution >= 4 is 28.9 Å². The number of aliphatic carboxylic acids is 1. The van der Waals surface area contributed by atoms with Gasteiger partial charge in [0.05, 0.1) is 5.02 Å². The van der Waals surface area contributed by atoms with Crippen LogP contribution in [0.5, 0.6) is 0 Å². The molecular formula is C13H18ClNO2S. The van der Waals surface area contributed by atoms with Crippen LogP contribution in [0.25, 0.3) is 0 Å². The SMILES string of the molecule is O=C(O)CCC1CCCN(Cc2cc(Cl)cs2)C1. The molecule has 18 heavy (non-hydrogen) atoms. The topological polar surface area (TPSA) is 40.5 Å². The van der Waals surface area contributed by atoms with Gasteiger partial charge >= 0.3 is 5.97 Å². The van der Waals surface area contributed by atoms with Gasteiger partial charge < -0.3 is 5.11 Å². The molecule has 100 valence electrons. The van der Waals surface area contributed by atoms with Crippen molar-refractivity contribution in [2.75, 3.05) is 13.1 Å². The second-order valence-corrected chi connectivity index (χ2v) is 6.34. The van der Waals surface area contributed by atoms with Crippen LogP contribution in [0.4, 0.5) is 0 Å². The molecule has 0 bridgehead atoms. The van der Waals surface area contributed by atoms with E-state index in [1.54, 1.807) is 11.3 Å². The van der Waals surface area contributed by atoms with E-state index in [1.807, 2.05) is 11.4 Å². The van der Waals surface area contributed by atoms with Gasteiger partial charge in [0, 0.05) is 29.8 Å². The summed E-state index contributed by atoms with van der Waals surface area (Å²) in [6.07, 6.45) is 3.43. The molecule has 1 aromatic heterocycles. The molecule has 1 saturated heterocycles. The standard InChI is InChI=1S/C13H18ClNO2S/c14-11-6-12(18-9-11)8-15-5-1-2-10(7-15)3-4-13(16)17/h6,9-10H,1-5,7-8H2,(H,16,17). The zero-order valence-corrected chi connectivity index (χ0v) is 11.8. The molecule has 0 amide bonds. The summed E-state index contributed by atoms with van der Waals surface area (Å²) in [4.78, 5) is 14.3. The molecule has 0 saturated carbocycles. The fraction of sp³-hybridized carbons (Fsp3) is 0.615. The summed E-state index contributed by atoms with van der Waals surface area (Å²) < 4.78 is 0. The fourth-order valence-corrected chi connectivity index (χ4v) is 3.63. The molecule has 1 aliphatic rings. The Kier molecular flexibility index (Phi) is 5.03. The average Bonchev–Trinajstić information content (AvgIpc) is 2.73. The van der Waals surface area contributed by atoms with Gasteiger partial charge in [0.1, 0.15) is 0 Å². The van der Waals surface area contributed by atoms with Gasteiger partial charge in [-0.15, -0.1) is 11.3 Å². The maximum absolute atomic E-state index is 10.6. The summed E-state index contributed by atoms with van der Waals surface area (Å²) in [7, 11) is 0. The Bertz CT molecular complexity index is 407. The van der Waals surface area contributed by atoms with Crippen LogP contribution < -0.4 is 0 Å². The second kappa shape index (κ2) is 6.55. The number of rotatable bonds is 5. The van der Waals surface area contributed by atoms with E-state index in [1.165, 1.54) is 11.3 Å². The van der Waals surface area contributed by atoms with E-state index in [-0.39, 0.29) is 0 Å². The number of carboxylic acid groups (broad SMARTS) is 1. The van der Waals surface area contributed by atoms with Crippen molar-refractivity contribution in [1.29, 1.82) is 0 Å². The van der Waals surface area contributed by atoms with Gasteiger partial charge in [-0.1, -0.05) is 11.6 Å². The van der Waals surface area contributed by atoms with Gasteiger partial charge in [0.2, 0.25) is 0 Å². The molecule has 1 N–H and O–H groups in total. The molecule has 2 rings (SSSR count). The lowest BCUT2D eigenvalue weighted by atomic mass is 9.93. The number of carbonyl (C=O) groups is 1. The minimum Gasteiger partial charge on any atom is -0.481 e. The first-order valence-electron chi connectivity index (χ1n) is 6.30. The summed E-state index contributed by atoms with van der Waals surface area (Å²) in [5.74, 6) is -0.151. The van der Waals surface area contributed by atoms with Crippen molar-refractivity contribution in [3.8, 4) is 0 Å². The minimum absolute atomic E-state index is 0.295. The van der Waals surface area contributed by atoms with Gasteiger partial charge in [-0.3, -0.25) is 9.69 Å². The third kappa shape index (κ3) is 4.26. The van der Waals surface area contributed by atoms with Crippen LogP contribution in [-0.4, -0.2) is 29.1 Å². The Morgan fingerprint density at radius 2 is 2.44 bits per heavy atom. The lowest BCUT2D eigenvalue weighted by Crippen LogP contribution is -2.34. The number of thiophene rings is 1. The number of likely N-dealkylation sites (tertiary alicyclic amines) is 1. The van der Waals surface area contributed by atoms with Crippen LogP contribution in [0, 0.1) is 5.92 Å². The third-order valence-electron chi connectivity index (χ3n) is 3.37. The zero-order chi connectivity index (χ0) is 13.0. The number of carboxylic acids is 1. The Labute approximate surface area is 116 Å². The maximum atomic E-state index is 10.6. The Morgan fingerprint density at radius 1 is 1.61 bits per heavy atom. The van der Waals surface area contributed by atoms with Gasteiger partial charge in [-0.25, -0.2) is 0 Å². The Hall–Kier alpha value is -0.580. The van der Waals surface area contributed by atoms with Gasteiger partial charge in [0.25, 0.3) is 0 Å². The van der Waals surface area contributed by atoms with E-state index in [9.17, 15) is 4.79 Å².